The van der Waals surface area contributed by atoms with Crippen molar-refractivity contribution in [1.29, 1.82) is 5.26 Å². The summed E-state index contributed by atoms with van der Waals surface area (Å²) >= 11 is 0. The molecule has 4 nitrogen and oxygen atoms in total. The molecule has 0 aromatic heterocycles. The number of nitrogens with one attached hydrogen (secondary N) is 1. The molecule has 23 heavy (non-hydrogen) atoms. The van der Waals surface area contributed by atoms with Crippen LogP contribution in [0.15, 0.2) is 36.4 Å². The standard InChI is InChI=1S/C19H19N3O/c20-10-16-3-1-2-14-4-5-15(9-18(14)16)19(23)21-17-8-13-6-7-22(11-13)12-17/h1-5,9,13,17H,6-8,11-12H2,(H,21,23). The van der Waals surface area contributed by atoms with Gasteiger partial charge in [-0.1, -0.05) is 18.2 Å². The van der Waals surface area contributed by atoms with E-state index in [2.05, 4.69) is 16.3 Å². The summed E-state index contributed by atoms with van der Waals surface area (Å²) in [5.74, 6) is 0.697. The zero-order valence-corrected chi connectivity index (χ0v) is 13.0. The van der Waals surface area contributed by atoms with Crippen molar-refractivity contribution in [3.05, 3.63) is 47.5 Å². The second-order valence-electron chi connectivity index (χ2n) is 6.67. The first kappa shape index (κ1) is 14.2. The maximum Gasteiger partial charge on any atom is 0.251 e. The van der Waals surface area contributed by atoms with E-state index in [1.807, 2.05) is 30.3 Å². The predicted octanol–water partition coefficient (Wildman–Crippen LogP) is 2.54. The third-order valence-corrected chi connectivity index (χ3v) is 5.07. The van der Waals surface area contributed by atoms with Crippen molar-refractivity contribution in [2.75, 3.05) is 19.6 Å². The van der Waals surface area contributed by atoms with E-state index < -0.39 is 0 Å². The number of carbonyl (C=O) groups is 1. The van der Waals surface area contributed by atoms with E-state index >= 15 is 0 Å². The molecule has 1 amide bonds. The van der Waals surface area contributed by atoms with Crippen molar-refractivity contribution >= 4 is 16.7 Å². The van der Waals surface area contributed by atoms with Crippen LogP contribution >= 0.6 is 0 Å². The molecule has 0 radical (unpaired) electrons. The van der Waals surface area contributed by atoms with Crippen molar-refractivity contribution in [3.63, 3.8) is 0 Å². The Morgan fingerprint density at radius 3 is 3.00 bits per heavy atom. The molecule has 2 aromatic rings. The molecule has 2 aromatic carbocycles. The summed E-state index contributed by atoms with van der Waals surface area (Å²) in [5, 5.41) is 14.2. The van der Waals surface area contributed by atoms with Crippen molar-refractivity contribution in [3.8, 4) is 6.07 Å². The van der Waals surface area contributed by atoms with Gasteiger partial charge in [0.15, 0.2) is 0 Å². The highest BCUT2D eigenvalue weighted by atomic mass is 16.1. The van der Waals surface area contributed by atoms with E-state index in [4.69, 9.17) is 0 Å². The molecule has 2 aliphatic rings. The lowest BCUT2D eigenvalue weighted by Crippen LogP contribution is -2.47. The van der Waals surface area contributed by atoms with E-state index in [9.17, 15) is 10.1 Å². The molecule has 4 heteroatoms. The second kappa shape index (κ2) is 5.68. The van der Waals surface area contributed by atoms with Gasteiger partial charge in [0.2, 0.25) is 0 Å². The van der Waals surface area contributed by atoms with Gasteiger partial charge in [0.25, 0.3) is 5.91 Å². The minimum Gasteiger partial charge on any atom is -0.348 e. The molecule has 0 aliphatic carbocycles. The third kappa shape index (κ3) is 2.69. The Balaban J connectivity index is 1.56. The van der Waals surface area contributed by atoms with Crippen LogP contribution in [0.5, 0.6) is 0 Å². The Kier molecular flexibility index (Phi) is 3.51. The Hall–Kier alpha value is -2.38. The lowest BCUT2D eigenvalue weighted by molar-refractivity contribution is 0.0909. The number of carbonyl (C=O) groups excluding carboxylic acids is 1. The molecule has 3 unspecified atom stereocenters. The molecule has 2 saturated heterocycles. The van der Waals surface area contributed by atoms with Gasteiger partial charge in [-0.05, 0) is 48.9 Å². The van der Waals surface area contributed by atoms with Crippen molar-refractivity contribution in [2.45, 2.75) is 18.9 Å². The number of nitrogens with zero attached hydrogens (tertiary/aromatic N) is 2. The third-order valence-electron chi connectivity index (χ3n) is 5.07. The second-order valence-corrected chi connectivity index (χ2v) is 6.67. The number of fused-ring (bicyclic) bond motifs is 3. The van der Waals surface area contributed by atoms with E-state index in [0.717, 1.165) is 29.7 Å². The number of rotatable bonds is 2. The van der Waals surface area contributed by atoms with Crippen molar-refractivity contribution < 1.29 is 4.79 Å². The number of hydrogen-bond acceptors (Lipinski definition) is 3. The van der Waals surface area contributed by atoms with Crippen LogP contribution in [-0.2, 0) is 0 Å². The molecule has 3 atom stereocenters. The van der Waals surface area contributed by atoms with Crippen LogP contribution in [-0.4, -0.2) is 36.5 Å². The smallest absolute Gasteiger partial charge is 0.251 e. The molecule has 4 rings (SSSR count). The minimum atomic E-state index is -0.0351. The lowest BCUT2D eigenvalue weighted by atomic mass is 9.96. The van der Waals surface area contributed by atoms with Crippen LogP contribution in [0.4, 0.5) is 0 Å². The monoisotopic (exact) mass is 305 g/mol. The van der Waals surface area contributed by atoms with Crippen molar-refractivity contribution in [1.82, 2.24) is 10.2 Å². The summed E-state index contributed by atoms with van der Waals surface area (Å²) in [5.41, 5.74) is 1.24. The van der Waals surface area contributed by atoms with Crippen LogP contribution in [0.1, 0.15) is 28.8 Å². The molecule has 116 valence electrons. The number of hydrogen-bond donors (Lipinski definition) is 1. The van der Waals surface area contributed by atoms with E-state index in [-0.39, 0.29) is 11.9 Å². The van der Waals surface area contributed by atoms with Crippen LogP contribution < -0.4 is 5.32 Å². The largest absolute Gasteiger partial charge is 0.348 e. The molecule has 2 fully saturated rings. The number of nitriles is 1. The zero-order valence-electron chi connectivity index (χ0n) is 13.0. The van der Waals surface area contributed by atoms with Crippen LogP contribution in [0.3, 0.4) is 0 Å². The molecule has 0 saturated carbocycles. The Labute approximate surface area is 135 Å². The average molecular weight is 305 g/mol. The highest BCUT2D eigenvalue weighted by molar-refractivity contribution is 6.00. The molecule has 2 aliphatic heterocycles. The zero-order chi connectivity index (χ0) is 15.8. The fourth-order valence-corrected chi connectivity index (χ4v) is 3.94. The molecular formula is C19H19N3O. The normalized spacial score (nSPS) is 26.0. The Morgan fingerprint density at radius 2 is 2.17 bits per heavy atom. The number of benzene rings is 2. The first-order valence-corrected chi connectivity index (χ1v) is 8.19. The minimum absolute atomic E-state index is 0.0351. The van der Waals surface area contributed by atoms with Gasteiger partial charge < -0.3 is 10.2 Å². The van der Waals surface area contributed by atoms with Gasteiger partial charge in [-0.15, -0.1) is 0 Å². The highest BCUT2D eigenvalue weighted by Crippen LogP contribution is 2.27. The SMILES string of the molecule is N#Cc1cccc2ccc(C(=O)NC3CC4CCN(C4)C3)cc12. The van der Waals surface area contributed by atoms with E-state index in [0.29, 0.717) is 11.1 Å². The number of amides is 1. The molecule has 0 spiro atoms. The molecular weight excluding hydrogens is 286 g/mol. The average Bonchev–Trinajstić information content (AvgIpc) is 2.92. The van der Waals surface area contributed by atoms with Crippen LogP contribution in [0, 0.1) is 17.2 Å². The molecule has 1 N–H and O–H groups in total. The summed E-state index contributed by atoms with van der Waals surface area (Å²) in [6, 6.07) is 13.7. The molecule has 2 bridgehead atoms. The fourth-order valence-electron chi connectivity index (χ4n) is 3.94. The first-order valence-electron chi connectivity index (χ1n) is 8.19. The van der Waals surface area contributed by atoms with Gasteiger partial charge >= 0.3 is 0 Å². The molecule has 2 heterocycles. The van der Waals surface area contributed by atoms with Gasteiger partial charge in [0.1, 0.15) is 0 Å². The summed E-state index contributed by atoms with van der Waals surface area (Å²) in [6.07, 6.45) is 2.34. The first-order chi connectivity index (χ1) is 11.2. The predicted molar refractivity (Wildman–Crippen MR) is 89.1 cm³/mol. The Morgan fingerprint density at radius 1 is 1.26 bits per heavy atom. The van der Waals surface area contributed by atoms with Gasteiger partial charge in [-0.25, -0.2) is 0 Å². The van der Waals surface area contributed by atoms with Crippen LogP contribution in [0.25, 0.3) is 10.8 Å². The quantitative estimate of drug-likeness (QED) is 0.927. The lowest BCUT2D eigenvalue weighted by Gasteiger charge is -2.30. The van der Waals surface area contributed by atoms with Crippen molar-refractivity contribution in [2.24, 2.45) is 5.92 Å². The van der Waals surface area contributed by atoms with E-state index in [1.165, 1.54) is 19.5 Å². The van der Waals surface area contributed by atoms with Gasteiger partial charge in [0.05, 0.1) is 11.6 Å². The summed E-state index contributed by atoms with van der Waals surface area (Å²) in [7, 11) is 0. The number of piperidine rings is 1. The van der Waals surface area contributed by atoms with Gasteiger partial charge in [0, 0.05) is 30.1 Å². The summed E-state index contributed by atoms with van der Waals surface area (Å²) in [4.78, 5) is 15.0. The van der Waals surface area contributed by atoms with Gasteiger partial charge in [-0.2, -0.15) is 5.26 Å². The highest BCUT2D eigenvalue weighted by Gasteiger charge is 2.32. The van der Waals surface area contributed by atoms with Crippen LogP contribution in [0.2, 0.25) is 0 Å². The van der Waals surface area contributed by atoms with E-state index in [1.54, 1.807) is 6.07 Å². The Bertz CT molecular complexity index is 796. The maximum atomic E-state index is 12.6. The van der Waals surface area contributed by atoms with Gasteiger partial charge in [-0.3, -0.25) is 4.79 Å². The summed E-state index contributed by atoms with van der Waals surface area (Å²) < 4.78 is 0. The topological polar surface area (TPSA) is 56.1 Å². The maximum absolute atomic E-state index is 12.6. The summed E-state index contributed by atoms with van der Waals surface area (Å²) in [6.45, 7) is 3.31. The fraction of sp³-hybridized carbons (Fsp3) is 0.368.